The van der Waals surface area contributed by atoms with Crippen molar-refractivity contribution in [1.29, 1.82) is 0 Å². The van der Waals surface area contributed by atoms with Crippen molar-refractivity contribution in [3.05, 3.63) is 11.4 Å². The Morgan fingerprint density at radius 3 is 2.65 bits per heavy atom. The molecule has 0 radical (unpaired) electrons. The van der Waals surface area contributed by atoms with Crippen LogP contribution in [0.1, 0.15) is 23.1 Å². The number of aliphatic hydroxyl groups excluding tert-OH is 1. The second-order valence-corrected chi connectivity index (χ2v) is 5.24. The van der Waals surface area contributed by atoms with Crippen LogP contribution >= 0.6 is 0 Å². The van der Waals surface area contributed by atoms with Gasteiger partial charge in [0, 0.05) is 6.54 Å². The normalized spacial score (nSPS) is 13.6. The molecule has 1 rings (SSSR count). The molecule has 0 aliphatic carbocycles. The number of aromatic nitrogens is 2. The molecule has 1 aromatic heterocycles. The van der Waals surface area contributed by atoms with E-state index in [-0.39, 0.29) is 12.2 Å². The topological polar surface area (TPSA) is 132 Å². The van der Waals surface area contributed by atoms with Crippen LogP contribution in [0.5, 0.6) is 0 Å². The van der Waals surface area contributed by atoms with Gasteiger partial charge in [0.2, 0.25) is 10.0 Å². The molecule has 1 aromatic rings. The molecule has 0 saturated carbocycles. The van der Waals surface area contributed by atoms with Gasteiger partial charge in [-0.25, -0.2) is 17.9 Å². The number of carbonyl (C=O) groups is 1. The third kappa shape index (κ3) is 3.02. The zero-order chi connectivity index (χ0) is 13.2. The lowest BCUT2D eigenvalue weighted by Gasteiger charge is -2.08. The van der Waals surface area contributed by atoms with Crippen LogP contribution in [0.15, 0.2) is 4.90 Å². The van der Waals surface area contributed by atoms with Gasteiger partial charge in [0.1, 0.15) is 4.90 Å². The van der Waals surface area contributed by atoms with E-state index in [1.807, 2.05) is 0 Å². The smallest absolute Gasteiger partial charge is 0.357 e. The van der Waals surface area contributed by atoms with Crippen LogP contribution in [0, 0.1) is 6.92 Å². The Bertz CT molecular complexity index is 519. The third-order valence-corrected chi connectivity index (χ3v) is 3.51. The van der Waals surface area contributed by atoms with Gasteiger partial charge in [-0.2, -0.15) is 5.10 Å². The van der Waals surface area contributed by atoms with E-state index in [1.54, 1.807) is 0 Å². The molecular formula is C8H13N3O5S. The zero-order valence-corrected chi connectivity index (χ0v) is 10.1. The van der Waals surface area contributed by atoms with Gasteiger partial charge in [0.15, 0.2) is 5.69 Å². The van der Waals surface area contributed by atoms with Gasteiger partial charge in [-0.1, -0.05) is 0 Å². The summed E-state index contributed by atoms with van der Waals surface area (Å²) in [5.41, 5.74) is -0.443. The average Bonchev–Trinajstić information content (AvgIpc) is 2.58. The Kier molecular flexibility index (Phi) is 3.86. The van der Waals surface area contributed by atoms with Crippen molar-refractivity contribution < 1.29 is 23.4 Å². The van der Waals surface area contributed by atoms with Crippen LogP contribution in [-0.2, 0) is 10.0 Å². The first kappa shape index (κ1) is 13.6. The molecule has 0 aromatic carbocycles. The number of hydrogen-bond donors (Lipinski definition) is 4. The first-order valence-electron chi connectivity index (χ1n) is 4.71. The summed E-state index contributed by atoms with van der Waals surface area (Å²) in [6, 6.07) is 0. The van der Waals surface area contributed by atoms with Gasteiger partial charge < -0.3 is 10.2 Å². The fraction of sp³-hybridized carbons (Fsp3) is 0.500. The SMILES string of the molecule is Cc1[nH]nc(C(=O)O)c1S(=O)(=O)NC[C@@H](C)O. The molecule has 8 nitrogen and oxygen atoms in total. The molecule has 0 amide bonds. The molecule has 0 saturated heterocycles. The van der Waals surface area contributed by atoms with Crippen LogP contribution in [0.4, 0.5) is 0 Å². The maximum absolute atomic E-state index is 11.8. The van der Waals surface area contributed by atoms with Crippen molar-refractivity contribution >= 4 is 16.0 Å². The Balaban J connectivity index is 3.14. The summed E-state index contributed by atoms with van der Waals surface area (Å²) >= 11 is 0. The van der Waals surface area contributed by atoms with E-state index >= 15 is 0 Å². The van der Waals surface area contributed by atoms with Crippen LogP contribution in [0.3, 0.4) is 0 Å². The van der Waals surface area contributed by atoms with Crippen molar-refractivity contribution in [3.63, 3.8) is 0 Å². The summed E-state index contributed by atoms with van der Waals surface area (Å²) in [4.78, 5) is 10.4. The number of nitrogens with zero attached hydrogens (tertiary/aromatic N) is 1. The largest absolute Gasteiger partial charge is 0.476 e. The number of H-pyrrole nitrogens is 1. The number of nitrogens with one attached hydrogen (secondary N) is 2. The molecule has 4 N–H and O–H groups in total. The Morgan fingerprint density at radius 1 is 1.59 bits per heavy atom. The maximum atomic E-state index is 11.8. The Morgan fingerprint density at radius 2 is 2.18 bits per heavy atom. The highest BCUT2D eigenvalue weighted by Gasteiger charge is 2.28. The zero-order valence-electron chi connectivity index (χ0n) is 9.26. The van der Waals surface area contributed by atoms with E-state index in [2.05, 4.69) is 14.9 Å². The summed E-state index contributed by atoms with van der Waals surface area (Å²) in [6.45, 7) is 2.60. The number of rotatable bonds is 5. The minimum Gasteiger partial charge on any atom is -0.476 e. The Labute approximate surface area is 97.7 Å². The van der Waals surface area contributed by atoms with Crippen molar-refractivity contribution in [2.24, 2.45) is 0 Å². The molecule has 0 spiro atoms. The van der Waals surface area contributed by atoms with E-state index in [1.165, 1.54) is 13.8 Å². The fourth-order valence-electron chi connectivity index (χ4n) is 1.20. The Hall–Kier alpha value is -1.45. The maximum Gasteiger partial charge on any atom is 0.357 e. The number of aromatic amines is 1. The van der Waals surface area contributed by atoms with Gasteiger partial charge in [-0.3, -0.25) is 5.10 Å². The molecule has 9 heteroatoms. The summed E-state index contributed by atoms with van der Waals surface area (Å²) in [7, 11) is -4.00. The van der Waals surface area contributed by atoms with Gasteiger partial charge in [-0.15, -0.1) is 0 Å². The highest BCUT2D eigenvalue weighted by Crippen LogP contribution is 2.17. The number of aliphatic hydroxyl groups is 1. The second-order valence-electron chi connectivity index (χ2n) is 3.53. The van der Waals surface area contributed by atoms with Crippen molar-refractivity contribution in [2.45, 2.75) is 24.8 Å². The molecule has 0 aliphatic rings. The summed E-state index contributed by atoms with van der Waals surface area (Å²) in [5, 5.41) is 23.5. The van der Waals surface area contributed by atoms with Gasteiger partial charge >= 0.3 is 5.97 Å². The lowest BCUT2D eigenvalue weighted by molar-refractivity contribution is 0.0686. The minimum absolute atomic E-state index is 0.125. The van der Waals surface area contributed by atoms with Crippen LogP contribution < -0.4 is 4.72 Å². The predicted octanol–water partition coefficient (Wildman–Crippen LogP) is -0.925. The average molecular weight is 263 g/mol. The highest BCUT2D eigenvalue weighted by molar-refractivity contribution is 7.89. The molecule has 0 aliphatic heterocycles. The molecule has 17 heavy (non-hydrogen) atoms. The number of hydrogen-bond acceptors (Lipinski definition) is 5. The van der Waals surface area contributed by atoms with Crippen LogP contribution in [0.2, 0.25) is 0 Å². The number of aromatic carboxylic acids is 1. The fourth-order valence-corrected chi connectivity index (χ4v) is 2.64. The monoisotopic (exact) mass is 263 g/mol. The molecule has 0 fully saturated rings. The van der Waals surface area contributed by atoms with E-state index in [9.17, 15) is 13.2 Å². The first-order chi connectivity index (χ1) is 7.75. The van der Waals surface area contributed by atoms with Crippen molar-refractivity contribution in [1.82, 2.24) is 14.9 Å². The lowest BCUT2D eigenvalue weighted by Crippen LogP contribution is -2.31. The van der Waals surface area contributed by atoms with Gasteiger partial charge in [0.25, 0.3) is 0 Å². The molecule has 1 atom stereocenters. The first-order valence-corrected chi connectivity index (χ1v) is 6.20. The molecule has 1 heterocycles. The molecule has 0 unspecified atom stereocenters. The van der Waals surface area contributed by atoms with E-state index in [0.29, 0.717) is 0 Å². The van der Waals surface area contributed by atoms with Crippen molar-refractivity contribution in [2.75, 3.05) is 6.54 Å². The molecule has 96 valence electrons. The highest BCUT2D eigenvalue weighted by atomic mass is 32.2. The summed E-state index contributed by atoms with van der Waals surface area (Å²) in [5.74, 6) is -1.44. The number of aryl methyl sites for hydroxylation is 1. The lowest BCUT2D eigenvalue weighted by atomic mass is 10.4. The van der Waals surface area contributed by atoms with Crippen LogP contribution in [-0.4, -0.2) is 47.4 Å². The van der Waals surface area contributed by atoms with Gasteiger partial charge in [-0.05, 0) is 13.8 Å². The third-order valence-electron chi connectivity index (χ3n) is 1.93. The predicted molar refractivity (Wildman–Crippen MR) is 57.2 cm³/mol. The number of carboxylic acids is 1. The van der Waals surface area contributed by atoms with E-state index in [4.69, 9.17) is 10.2 Å². The van der Waals surface area contributed by atoms with E-state index < -0.39 is 32.7 Å². The quantitative estimate of drug-likeness (QED) is 0.543. The molecule has 0 bridgehead atoms. The second kappa shape index (κ2) is 4.82. The van der Waals surface area contributed by atoms with Gasteiger partial charge in [0.05, 0.1) is 11.8 Å². The standard InChI is InChI=1S/C8H13N3O5S/c1-4(12)3-9-17(15,16)7-5(2)10-11-6(7)8(13)14/h4,9,12H,3H2,1-2H3,(H,10,11)(H,13,14)/t4-/m1/s1. The number of sulfonamides is 1. The summed E-state index contributed by atoms with van der Waals surface area (Å²) in [6.07, 6.45) is -0.870. The van der Waals surface area contributed by atoms with Crippen LogP contribution in [0.25, 0.3) is 0 Å². The number of carboxylic acid groups (broad SMARTS) is 1. The summed E-state index contributed by atoms with van der Waals surface area (Å²) < 4.78 is 25.7. The minimum atomic E-state index is -4.00. The molecular weight excluding hydrogens is 250 g/mol. The van der Waals surface area contributed by atoms with E-state index in [0.717, 1.165) is 0 Å². The van der Waals surface area contributed by atoms with Crippen molar-refractivity contribution in [3.8, 4) is 0 Å².